The van der Waals surface area contributed by atoms with Gasteiger partial charge in [-0.3, -0.25) is 0 Å². The second-order valence-electron chi connectivity index (χ2n) is 9.38. The molecule has 0 radical (unpaired) electrons. The number of ether oxygens (including phenoxy) is 1. The molecule has 198 valence electrons. The van der Waals surface area contributed by atoms with Gasteiger partial charge in [-0.2, -0.15) is 0 Å². The van der Waals surface area contributed by atoms with Crippen LogP contribution in [0.5, 0.6) is 5.75 Å². The molecule has 0 aliphatic heterocycles. The molecule has 0 heterocycles. The fourth-order valence-electron chi connectivity index (χ4n) is 5.17. The molecule has 0 unspecified atom stereocenters. The van der Waals surface area contributed by atoms with Crippen molar-refractivity contribution in [2.45, 2.75) is 18.9 Å². The number of hydrogen-bond donors (Lipinski definition) is 0. The van der Waals surface area contributed by atoms with Gasteiger partial charge in [0.1, 0.15) is 0 Å². The van der Waals surface area contributed by atoms with Gasteiger partial charge in [-0.15, -0.1) is 0 Å². The fraction of sp³-hybridized carbons (Fsp3) is 0.0909. The average Bonchev–Trinajstić information content (AvgIpc) is 2.96. The molecule has 0 amide bonds. The summed E-state index contributed by atoms with van der Waals surface area (Å²) in [5.74, 6) is -0.0572. The van der Waals surface area contributed by atoms with E-state index in [1.165, 1.54) is 30.3 Å². The van der Waals surface area contributed by atoms with E-state index in [1.54, 1.807) is 6.07 Å². The molecule has 5 rings (SSSR count). The number of halogens is 4. The van der Waals surface area contributed by atoms with E-state index < -0.39 is 24.8 Å². The number of hydrogen-bond acceptors (Lipinski definition) is 1. The topological polar surface area (TPSA) is 9.23 Å². The summed E-state index contributed by atoms with van der Waals surface area (Å²) in [6.07, 6.45) is -4.04. The zero-order chi connectivity index (χ0) is 27.3. The number of rotatable bonds is 8. The monoisotopic (exact) mass is 546 g/mol. The molecule has 0 atom stereocenters. The average molecular weight is 547 g/mol. The van der Waals surface area contributed by atoms with Gasteiger partial charge in [0.25, 0.3) is 0 Å². The summed E-state index contributed by atoms with van der Waals surface area (Å²) in [5, 5.41) is 3.42. The molecule has 6 heteroatoms. The second-order valence-corrected chi connectivity index (χ2v) is 13.3. The van der Waals surface area contributed by atoms with Crippen molar-refractivity contribution in [3.8, 4) is 5.75 Å². The third-order valence-corrected chi connectivity index (χ3v) is 11.9. The summed E-state index contributed by atoms with van der Waals surface area (Å²) in [7, 11) is -2.79. The maximum atomic E-state index is 14.7. The van der Waals surface area contributed by atoms with E-state index >= 15 is 0 Å². The third-order valence-electron chi connectivity index (χ3n) is 6.98. The maximum absolute atomic E-state index is 14.7. The molecule has 0 fully saturated rings. The van der Waals surface area contributed by atoms with Crippen LogP contribution in [0, 0.1) is 5.82 Å². The molecule has 0 aliphatic carbocycles. The summed E-state index contributed by atoms with van der Waals surface area (Å²) in [4.78, 5) is 0. The van der Waals surface area contributed by atoms with Crippen LogP contribution in [0.4, 0.5) is 17.6 Å². The van der Waals surface area contributed by atoms with Gasteiger partial charge < -0.3 is 0 Å². The predicted molar refractivity (Wildman–Crippen MR) is 152 cm³/mol. The van der Waals surface area contributed by atoms with Crippen molar-refractivity contribution in [1.82, 2.24) is 0 Å². The molecule has 1 nitrogen and oxygen atoms in total. The summed E-state index contributed by atoms with van der Waals surface area (Å²) >= 11 is 0. The van der Waals surface area contributed by atoms with Gasteiger partial charge in [0, 0.05) is 0 Å². The quantitative estimate of drug-likeness (QED) is 0.144. The Labute approximate surface area is 226 Å². The molecular formula is C33H27F4OP. The number of alkyl halides is 3. The first-order valence-corrected chi connectivity index (χ1v) is 14.8. The van der Waals surface area contributed by atoms with Crippen LogP contribution in [0.3, 0.4) is 0 Å². The van der Waals surface area contributed by atoms with Gasteiger partial charge in [-0.05, 0) is 0 Å². The van der Waals surface area contributed by atoms with Gasteiger partial charge in [0.05, 0.1) is 0 Å². The van der Waals surface area contributed by atoms with E-state index in [9.17, 15) is 17.6 Å². The summed E-state index contributed by atoms with van der Waals surface area (Å²) < 4.78 is 61.5. The Morgan fingerprint density at radius 3 is 1.56 bits per heavy atom. The predicted octanol–water partition coefficient (Wildman–Crippen LogP) is 7.65. The van der Waals surface area contributed by atoms with Crippen molar-refractivity contribution in [2.75, 3.05) is 0 Å². The minimum absolute atomic E-state index is 0.0259. The Hall–Kier alpha value is -3.95. The normalized spacial score (nSPS) is 12.2. The van der Waals surface area contributed by atoms with Gasteiger partial charge in [-0.1, -0.05) is 0 Å². The Kier molecular flexibility index (Phi) is 7.81. The molecule has 39 heavy (non-hydrogen) atoms. The van der Waals surface area contributed by atoms with Crippen molar-refractivity contribution in [2.24, 2.45) is 0 Å². The zero-order valence-electron chi connectivity index (χ0n) is 21.0. The van der Waals surface area contributed by atoms with E-state index in [4.69, 9.17) is 4.74 Å². The van der Waals surface area contributed by atoms with E-state index in [0.717, 1.165) is 22.0 Å². The van der Waals surface area contributed by atoms with E-state index in [1.807, 2.05) is 54.6 Å². The van der Waals surface area contributed by atoms with Crippen LogP contribution in [0.25, 0.3) is 0 Å². The van der Waals surface area contributed by atoms with Crippen molar-refractivity contribution in [3.63, 3.8) is 0 Å². The minimum atomic E-state index is -4.50. The molecule has 5 aromatic carbocycles. The van der Waals surface area contributed by atoms with Gasteiger partial charge in [-0.25, -0.2) is 0 Å². The van der Waals surface area contributed by atoms with Crippen LogP contribution in [0.15, 0.2) is 133 Å². The van der Waals surface area contributed by atoms with Crippen LogP contribution in [0.2, 0.25) is 0 Å². The summed E-state index contributed by atoms with van der Waals surface area (Å²) in [6.45, 7) is -0.287. The number of benzene rings is 5. The third kappa shape index (κ3) is 5.74. The van der Waals surface area contributed by atoms with Crippen LogP contribution in [0.1, 0.15) is 16.7 Å². The Morgan fingerprint density at radius 2 is 1.05 bits per heavy atom. The zero-order valence-corrected chi connectivity index (χ0v) is 22.0. The van der Waals surface area contributed by atoms with Crippen molar-refractivity contribution in [3.05, 3.63) is 156 Å². The molecular weight excluding hydrogens is 519 g/mol. The van der Waals surface area contributed by atoms with Gasteiger partial charge in [0.2, 0.25) is 0 Å². The van der Waals surface area contributed by atoms with Crippen molar-refractivity contribution in [1.29, 1.82) is 0 Å². The van der Waals surface area contributed by atoms with Crippen LogP contribution >= 0.6 is 7.26 Å². The summed E-state index contributed by atoms with van der Waals surface area (Å²) in [5.41, 5.74) is -0.101. The Bertz CT molecular complexity index is 1420. The first-order chi connectivity index (χ1) is 18.9. The van der Waals surface area contributed by atoms with Gasteiger partial charge in [0.15, 0.2) is 0 Å². The molecule has 0 aromatic heterocycles. The molecule has 0 saturated carbocycles. The van der Waals surface area contributed by atoms with Crippen molar-refractivity contribution < 1.29 is 22.3 Å². The van der Waals surface area contributed by atoms with Crippen LogP contribution in [-0.4, -0.2) is 0 Å². The van der Waals surface area contributed by atoms with E-state index in [2.05, 4.69) is 36.4 Å². The first kappa shape index (κ1) is 26.6. The van der Waals surface area contributed by atoms with E-state index in [0.29, 0.717) is 17.5 Å². The second kappa shape index (κ2) is 11.4. The molecule has 0 spiro atoms. The molecule has 0 aliphatic rings. The standard InChI is InChI=1S/C33H27F4OP/c34-27-20-21-32(38-23-25-12-10-11-19-31(25)33(35,36)37)26(22-27)24-39(28-13-4-1-5-14-28,29-15-6-2-7-16-29)30-17-8-3-9-18-30/h1-22,39H,23-24H2. The Balaban J connectivity index is 1.63. The Morgan fingerprint density at radius 1 is 0.564 bits per heavy atom. The molecule has 0 bridgehead atoms. The SMILES string of the molecule is Fc1ccc(OCc2ccccc2C(F)(F)F)c(C[PH](c2ccccc2)(c2ccccc2)c2ccccc2)c1. The first-order valence-electron chi connectivity index (χ1n) is 12.6. The fourth-order valence-corrected chi connectivity index (χ4v) is 9.91. The molecule has 5 aromatic rings. The van der Waals surface area contributed by atoms with Crippen molar-refractivity contribution >= 4 is 23.2 Å². The van der Waals surface area contributed by atoms with Crippen LogP contribution in [-0.2, 0) is 18.9 Å². The molecule has 0 saturated heterocycles. The summed E-state index contributed by atoms with van der Waals surface area (Å²) in [6, 6.07) is 40.1. The van der Waals surface area contributed by atoms with E-state index in [-0.39, 0.29) is 12.2 Å². The molecule has 0 N–H and O–H groups in total. The van der Waals surface area contributed by atoms with Crippen LogP contribution < -0.4 is 20.7 Å². The van der Waals surface area contributed by atoms with Gasteiger partial charge >= 0.3 is 226 Å².